The van der Waals surface area contributed by atoms with E-state index in [4.69, 9.17) is 4.74 Å². The van der Waals surface area contributed by atoms with Crippen molar-refractivity contribution >= 4 is 17.6 Å². The van der Waals surface area contributed by atoms with E-state index in [-0.39, 0.29) is 42.8 Å². The van der Waals surface area contributed by atoms with Crippen LogP contribution in [-0.4, -0.2) is 53.8 Å². The Morgan fingerprint density at radius 2 is 1.71 bits per heavy atom. The number of ketones is 1. The van der Waals surface area contributed by atoms with Crippen molar-refractivity contribution in [3.8, 4) is 0 Å². The zero-order valence-corrected chi connectivity index (χ0v) is 17.3. The summed E-state index contributed by atoms with van der Waals surface area (Å²) in [5.74, 6) is -0.137. The van der Waals surface area contributed by atoms with Gasteiger partial charge >= 0.3 is 0 Å². The quantitative estimate of drug-likeness (QED) is 0.778. The normalized spacial score (nSPS) is 29.0. The number of ether oxygens (including phenoxy) is 1. The van der Waals surface area contributed by atoms with Crippen LogP contribution in [0.5, 0.6) is 0 Å². The lowest BCUT2D eigenvalue weighted by atomic mass is 9.93. The van der Waals surface area contributed by atoms with E-state index in [1.165, 1.54) is 0 Å². The molecule has 6 nitrogen and oxygen atoms in total. The van der Waals surface area contributed by atoms with Crippen LogP contribution in [0.3, 0.4) is 0 Å². The maximum absolute atomic E-state index is 13.7. The average Bonchev–Trinajstić information content (AvgIpc) is 3.10. The smallest absolute Gasteiger partial charge is 0.231 e. The first-order valence-electron chi connectivity index (χ1n) is 10.9. The fourth-order valence-electron chi connectivity index (χ4n) is 5.10. The second-order valence-electron chi connectivity index (χ2n) is 8.85. The summed E-state index contributed by atoms with van der Waals surface area (Å²) in [6.07, 6.45) is 1.92. The highest BCUT2D eigenvalue weighted by molar-refractivity contribution is 5.96. The first kappa shape index (κ1) is 19.9. The Kier molecular flexibility index (Phi) is 5.10. The number of hydrogen-bond donors (Lipinski definition) is 1. The highest BCUT2D eigenvalue weighted by Crippen LogP contribution is 2.51. The third-order valence-corrected chi connectivity index (χ3v) is 6.78. The lowest BCUT2D eigenvalue weighted by molar-refractivity contribution is -0.141. The van der Waals surface area contributed by atoms with Gasteiger partial charge in [0.25, 0.3) is 0 Å². The fourth-order valence-corrected chi connectivity index (χ4v) is 5.10. The summed E-state index contributed by atoms with van der Waals surface area (Å²) < 4.78 is 5.57. The van der Waals surface area contributed by atoms with Crippen molar-refractivity contribution in [1.29, 1.82) is 0 Å². The van der Waals surface area contributed by atoms with E-state index in [9.17, 15) is 14.4 Å². The number of benzene rings is 2. The highest BCUT2D eigenvalue weighted by atomic mass is 16.5. The molecule has 1 saturated carbocycles. The van der Waals surface area contributed by atoms with Crippen LogP contribution < -0.4 is 5.32 Å². The molecule has 2 aliphatic heterocycles. The minimum absolute atomic E-state index is 0.0176. The second-order valence-corrected chi connectivity index (χ2v) is 8.85. The van der Waals surface area contributed by atoms with Gasteiger partial charge in [0.05, 0.1) is 17.9 Å². The third-order valence-electron chi connectivity index (χ3n) is 6.78. The SMILES string of the molecule is O=C(Cc1ccccc1)NC1CC1(Cc1ccccc1)C(=O)N1CCC2OCC(=O)[C@H]21. The number of fused-ring (bicyclic) bond motifs is 1. The third kappa shape index (κ3) is 3.76. The van der Waals surface area contributed by atoms with E-state index < -0.39 is 11.5 Å². The molecule has 2 amide bonds. The van der Waals surface area contributed by atoms with Crippen LogP contribution in [0.4, 0.5) is 0 Å². The van der Waals surface area contributed by atoms with E-state index in [1.807, 2.05) is 60.7 Å². The van der Waals surface area contributed by atoms with Crippen molar-refractivity contribution in [2.75, 3.05) is 13.2 Å². The van der Waals surface area contributed by atoms with Crippen LogP contribution in [0.2, 0.25) is 0 Å². The van der Waals surface area contributed by atoms with Crippen LogP contribution in [0.1, 0.15) is 24.0 Å². The van der Waals surface area contributed by atoms with E-state index >= 15 is 0 Å². The standard InChI is InChI=1S/C25H26N2O4/c28-19-16-31-20-11-12-27(23(19)20)24(30)25(14-18-9-5-2-6-10-18)15-21(25)26-22(29)13-17-7-3-1-4-8-17/h1-10,20-21,23H,11-16H2,(H,26,29)/t20?,21?,23-,25?/m1/s1. The molecule has 1 N–H and O–H groups in total. The van der Waals surface area contributed by atoms with Gasteiger partial charge in [0, 0.05) is 12.6 Å². The maximum Gasteiger partial charge on any atom is 0.231 e. The van der Waals surface area contributed by atoms with Crippen molar-refractivity contribution < 1.29 is 19.1 Å². The van der Waals surface area contributed by atoms with E-state index in [0.29, 0.717) is 25.8 Å². The van der Waals surface area contributed by atoms with Gasteiger partial charge in [-0.15, -0.1) is 0 Å². The predicted molar refractivity (Wildman–Crippen MR) is 114 cm³/mol. The number of carbonyl (C=O) groups excluding carboxylic acids is 3. The summed E-state index contributed by atoms with van der Waals surface area (Å²) in [5, 5.41) is 3.09. The Bertz CT molecular complexity index is 993. The first-order chi connectivity index (χ1) is 15.1. The number of likely N-dealkylation sites (tertiary alicyclic amines) is 1. The Labute approximate surface area is 181 Å². The Balaban J connectivity index is 1.35. The Hall–Kier alpha value is -2.99. The van der Waals surface area contributed by atoms with Gasteiger partial charge in [0.15, 0.2) is 5.78 Å². The van der Waals surface area contributed by atoms with Gasteiger partial charge in [0.2, 0.25) is 11.8 Å². The minimum atomic E-state index is -0.703. The first-order valence-corrected chi connectivity index (χ1v) is 10.9. The van der Waals surface area contributed by atoms with Crippen molar-refractivity contribution in [2.45, 2.75) is 43.9 Å². The number of carbonyl (C=O) groups is 3. The van der Waals surface area contributed by atoms with Gasteiger partial charge in [-0.25, -0.2) is 0 Å². The largest absolute Gasteiger partial charge is 0.368 e. The predicted octanol–water partition coefficient (Wildman–Crippen LogP) is 1.92. The molecule has 31 heavy (non-hydrogen) atoms. The lowest BCUT2D eigenvalue weighted by Gasteiger charge is -2.28. The second kappa shape index (κ2) is 7.93. The number of Topliss-reactive ketones (excluding diaryl/α,β-unsaturated/α-hetero) is 1. The Morgan fingerprint density at radius 1 is 1.03 bits per heavy atom. The molecule has 0 radical (unpaired) electrons. The van der Waals surface area contributed by atoms with E-state index in [0.717, 1.165) is 11.1 Å². The summed E-state index contributed by atoms with van der Waals surface area (Å²) >= 11 is 0. The van der Waals surface area contributed by atoms with Crippen molar-refractivity contribution in [3.63, 3.8) is 0 Å². The zero-order valence-electron chi connectivity index (χ0n) is 17.3. The molecule has 5 rings (SSSR count). The van der Waals surface area contributed by atoms with Gasteiger partial charge in [-0.2, -0.15) is 0 Å². The van der Waals surface area contributed by atoms with Crippen molar-refractivity contribution in [3.05, 3.63) is 71.8 Å². The average molecular weight is 418 g/mol. The van der Waals surface area contributed by atoms with Gasteiger partial charge in [-0.3, -0.25) is 14.4 Å². The van der Waals surface area contributed by atoms with Crippen LogP contribution in [0.15, 0.2) is 60.7 Å². The molecule has 0 spiro atoms. The molecule has 160 valence electrons. The Morgan fingerprint density at radius 3 is 2.42 bits per heavy atom. The molecule has 2 saturated heterocycles. The van der Waals surface area contributed by atoms with E-state index in [1.54, 1.807) is 4.90 Å². The van der Waals surface area contributed by atoms with Crippen LogP contribution in [0.25, 0.3) is 0 Å². The molecule has 2 aromatic carbocycles. The zero-order chi connectivity index (χ0) is 21.4. The molecule has 2 heterocycles. The molecule has 0 bridgehead atoms. The van der Waals surface area contributed by atoms with Crippen molar-refractivity contribution in [2.24, 2.45) is 5.41 Å². The number of nitrogens with one attached hydrogen (secondary N) is 1. The maximum atomic E-state index is 13.7. The molecular weight excluding hydrogens is 392 g/mol. The van der Waals surface area contributed by atoms with Gasteiger partial charge in [0.1, 0.15) is 12.6 Å². The lowest BCUT2D eigenvalue weighted by Crippen LogP contribution is -2.48. The van der Waals surface area contributed by atoms with Gasteiger partial charge in [-0.05, 0) is 30.4 Å². The number of rotatable bonds is 6. The van der Waals surface area contributed by atoms with Crippen molar-refractivity contribution in [1.82, 2.24) is 10.2 Å². The molecule has 1 aliphatic carbocycles. The molecule has 3 aliphatic rings. The molecule has 2 aromatic rings. The van der Waals surface area contributed by atoms with Gasteiger partial charge in [-0.1, -0.05) is 60.7 Å². The summed E-state index contributed by atoms with van der Waals surface area (Å²) in [5.41, 5.74) is 1.29. The number of amides is 2. The molecule has 6 heteroatoms. The molecule has 0 aromatic heterocycles. The summed E-state index contributed by atoms with van der Waals surface area (Å²) in [7, 11) is 0. The molecule has 3 unspecified atom stereocenters. The van der Waals surface area contributed by atoms with Crippen LogP contribution in [0, 0.1) is 5.41 Å². The fraction of sp³-hybridized carbons (Fsp3) is 0.400. The monoisotopic (exact) mass is 418 g/mol. The number of hydrogen-bond acceptors (Lipinski definition) is 4. The number of nitrogens with zero attached hydrogens (tertiary/aromatic N) is 1. The van der Waals surface area contributed by atoms with E-state index in [2.05, 4.69) is 5.32 Å². The van der Waals surface area contributed by atoms with Crippen LogP contribution in [-0.2, 0) is 32.0 Å². The molecular formula is C25H26N2O4. The van der Waals surface area contributed by atoms with Crippen LogP contribution >= 0.6 is 0 Å². The summed E-state index contributed by atoms with van der Waals surface area (Å²) in [6, 6.07) is 18.8. The molecule has 3 fully saturated rings. The topological polar surface area (TPSA) is 75.7 Å². The summed E-state index contributed by atoms with van der Waals surface area (Å²) in [6.45, 7) is 0.614. The summed E-state index contributed by atoms with van der Waals surface area (Å²) in [4.78, 5) is 40.5. The van der Waals surface area contributed by atoms with Gasteiger partial charge < -0.3 is 15.0 Å². The highest BCUT2D eigenvalue weighted by Gasteiger charge is 2.63. The molecule has 4 atom stereocenters. The minimum Gasteiger partial charge on any atom is -0.368 e.